The summed E-state index contributed by atoms with van der Waals surface area (Å²) in [6.07, 6.45) is 12.8. The van der Waals surface area contributed by atoms with E-state index in [-0.39, 0.29) is 29.7 Å². The maximum atomic E-state index is 11.2. The Morgan fingerprint density at radius 2 is 1.75 bits per heavy atom. The summed E-state index contributed by atoms with van der Waals surface area (Å²) in [4.78, 5) is 6.83. The molecule has 0 aromatic carbocycles. The third-order valence-electron chi connectivity index (χ3n) is 5.31. The number of nitrogens with zero attached hydrogens (tertiary/aromatic N) is 2. The van der Waals surface area contributed by atoms with Crippen LogP contribution in [-0.4, -0.2) is 58.0 Å². The monoisotopic (exact) mass is 471 g/mol. The Labute approximate surface area is 165 Å². The van der Waals surface area contributed by atoms with Gasteiger partial charge in [-0.1, -0.05) is 25.7 Å². The Bertz CT molecular complexity index is 500. The summed E-state index contributed by atoms with van der Waals surface area (Å²) in [6, 6.07) is 0. The van der Waals surface area contributed by atoms with Gasteiger partial charge in [0.1, 0.15) is 9.84 Å². The molecule has 2 fully saturated rings. The molecule has 7 heteroatoms. The zero-order valence-corrected chi connectivity index (χ0v) is 18.4. The molecule has 0 aromatic heterocycles. The Morgan fingerprint density at radius 3 is 2.33 bits per heavy atom. The Balaban J connectivity index is 0.00000288. The molecule has 1 aliphatic carbocycles. The highest BCUT2D eigenvalue weighted by molar-refractivity contribution is 14.0. The average Bonchev–Trinajstić information content (AvgIpc) is 2.72. The molecule has 5 nitrogen and oxygen atoms in total. The molecule has 2 aliphatic rings. The molecule has 1 spiro atoms. The minimum Gasteiger partial charge on any atom is -0.356 e. The van der Waals surface area contributed by atoms with E-state index in [1.807, 2.05) is 7.05 Å². The van der Waals surface area contributed by atoms with E-state index in [4.69, 9.17) is 0 Å². The topological polar surface area (TPSA) is 61.8 Å². The predicted octanol–water partition coefficient (Wildman–Crippen LogP) is 3.05. The van der Waals surface area contributed by atoms with E-state index in [1.165, 1.54) is 57.6 Å². The molecule has 0 radical (unpaired) electrons. The van der Waals surface area contributed by atoms with Crippen molar-refractivity contribution in [2.75, 3.05) is 38.7 Å². The van der Waals surface area contributed by atoms with Crippen LogP contribution in [0, 0.1) is 5.41 Å². The van der Waals surface area contributed by atoms with E-state index >= 15 is 0 Å². The molecule has 0 amide bonds. The van der Waals surface area contributed by atoms with Crippen LogP contribution in [0.3, 0.4) is 0 Å². The van der Waals surface area contributed by atoms with Crippen molar-refractivity contribution in [3.63, 3.8) is 0 Å². The molecule has 1 N–H and O–H groups in total. The van der Waals surface area contributed by atoms with Gasteiger partial charge in [0.05, 0.1) is 5.75 Å². The summed E-state index contributed by atoms with van der Waals surface area (Å²) < 4.78 is 22.4. The first kappa shape index (κ1) is 22.0. The molecule has 1 heterocycles. The maximum absolute atomic E-state index is 11.2. The lowest BCUT2D eigenvalue weighted by Crippen LogP contribution is -2.50. The Morgan fingerprint density at radius 1 is 1.12 bits per heavy atom. The fourth-order valence-corrected chi connectivity index (χ4v) is 4.81. The third kappa shape index (κ3) is 7.06. The smallest absolute Gasteiger partial charge is 0.193 e. The Hall–Kier alpha value is -0.0500. The number of guanidine groups is 1. The lowest BCUT2D eigenvalue weighted by Gasteiger charge is -2.44. The maximum Gasteiger partial charge on any atom is 0.193 e. The minimum atomic E-state index is -2.87. The van der Waals surface area contributed by atoms with Crippen molar-refractivity contribution < 1.29 is 8.42 Å². The zero-order valence-electron chi connectivity index (χ0n) is 15.2. The highest BCUT2D eigenvalue weighted by Gasteiger charge is 2.36. The molecule has 1 aliphatic heterocycles. The van der Waals surface area contributed by atoms with Gasteiger partial charge in [-0.05, 0) is 37.5 Å². The normalized spacial score (nSPS) is 21.9. The highest BCUT2D eigenvalue weighted by atomic mass is 127. The van der Waals surface area contributed by atoms with Gasteiger partial charge in [-0.25, -0.2) is 8.42 Å². The van der Waals surface area contributed by atoms with Crippen LogP contribution in [-0.2, 0) is 9.84 Å². The molecular weight excluding hydrogens is 437 g/mol. The van der Waals surface area contributed by atoms with Crippen molar-refractivity contribution in [3.05, 3.63) is 0 Å². The van der Waals surface area contributed by atoms with Crippen LogP contribution in [0.1, 0.15) is 57.8 Å². The molecule has 1 saturated heterocycles. The standard InChI is InChI=1S/C17H33N3O2S.HI/c1-18-16(19-12-8-14-23(2,21)22)20-13-7-11-17(15-20)9-5-3-4-6-10-17;/h3-15H2,1-2H3,(H,18,19);1H. The van der Waals surface area contributed by atoms with E-state index in [1.54, 1.807) is 0 Å². The highest BCUT2D eigenvalue weighted by Crippen LogP contribution is 2.42. The number of hydrogen-bond acceptors (Lipinski definition) is 3. The van der Waals surface area contributed by atoms with Crippen molar-refractivity contribution in [2.24, 2.45) is 10.4 Å². The van der Waals surface area contributed by atoms with Gasteiger partial charge in [-0.3, -0.25) is 4.99 Å². The van der Waals surface area contributed by atoms with Gasteiger partial charge in [0.25, 0.3) is 0 Å². The number of halogens is 1. The lowest BCUT2D eigenvalue weighted by atomic mass is 9.74. The van der Waals surface area contributed by atoms with E-state index in [2.05, 4.69) is 15.2 Å². The zero-order chi connectivity index (χ0) is 16.8. The summed E-state index contributed by atoms with van der Waals surface area (Å²) in [6.45, 7) is 2.84. The quantitative estimate of drug-likeness (QED) is 0.296. The number of hydrogen-bond donors (Lipinski definition) is 1. The number of nitrogens with one attached hydrogen (secondary N) is 1. The molecule has 0 bridgehead atoms. The van der Waals surface area contributed by atoms with Gasteiger partial charge in [0.2, 0.25) is 0 Å². The van der Waals surface area contributed by atoms with Crippen LogP contribution in [0.2, 0.25) is 0 Å². The lowest BCUT2D eigenvalue weighted by molar-refractivity contribution is 0.115. The first-order valence-electron chi connectivity index (χ1n) is 9.07. The number of rotatable bonds is 4. The fourth-order valence-electron chi connectivity index (χ4n) is 4.14. The van der Waals surface area contributed by atoms with Gasteiger partial charge >= 0.3 is 0 Å². The molecule has 0 unspecified atom stereocenters. The first-order chi connectivity index (χ1) is 10.9. The fraction of sp³-hybridized carbons (Fsp3) is 0.941. The summed E-state index contributed by atoms with van der Waals surface area (Å²) in [5.74, 6) is 1.18. The van der Waals surface area contributed by atoms with Crippen molar-refractivity contribution in [1.29, 1.82) is 0 Å². The number of likely N-dealkylation sites (tertiary alicyclic amines) is 1. The molecule has 1 saturated carbocycles. The van der Waals surface area contributed by atoms with Crippen LogP contribution in [0.4, 0.5) is 0 Å². The SMILES string of the molecule is CN=C(NCCCS(C)(=O)=O)N1CCCC2(CCCCCC2)C1.I. The second-order valence-electron chi connectivity index (χ2n) is 7.40. The van der Waals surface area contributed by atoms with Crippen LogP contribution in [0.15, 0.2) is 4.99 Å². The van der Waals surface area contributed by atoms with Gasteiger partial charge in [-0.15, -0.1) is 24.0 Å². The predicted molar refractivity (Wildman–Crippen MR) is 112 cm³/mol. The van der Waals surface area contributed by atoms with Crippen molar-refractivity contribution in [2.45, 2.75) is 57.8 Å². The van der Waals surface area contributed by atoms with Crippen LogP contribution >= 0.6 is 24.0 Å². The number of aliphatic imine (C=N–C) groups is 1. The second kappa shape index (κ2) is 10.2. The average molecular weight is 471 g/mol. The first-order valence-corrected chi connectivity index (χ1v) is 11.1. The molecule has 0 atom stereocenters. The summed E-state index contributed by atoms with van der Waals surface area (Å²) >= 11 is 0. The van der Waals surface area contributed by atoms with Gasteiger partial charge in [0, 0.05) is 32.9 Å². The minimum absolute atomic E-state index is 0. The molecule has 24 heavy (non-hydrogen) atoms. The molecule has 0 aromatic rings. The second-order valence-corrected chi connectivity index (χ2v) is 9.66. The number of sulfone groups is 1. The van der Waals surface area contributed by atoms with Crippen LogP contribution in [0.25, 0.3) is 0 Å². The van der Waals surface area contributed by atoms with E-state index in [0.717, 1.165) is 19.0 Å². The number of piperidine rings is 1. The summed E-state index contributed by atoms with van der Waals surface area (Å²) in [5.41, 5.74) is 0.485. The van der Waals surface area contributed by atoms with Gasteiger partial charge in [0.15, 0.2) is 5.96 Å². The molecule has 142 valence electrons. The van der Waals surface area contributed by atoms with E-state index in [9.17, 15) is 8.42 Å². The molecule has 2 rings (SSSR count). The van der Waals surface area contributed by atoms with Gasteiger partial charge in [-0.2, -0.15) is 0 Å². The summed E-state index contributed by atoms with van der Waals surface area (Å²) in [7, 11) is -1.05. The van der Waals surface area contributed by atoms with Crippen LogP contribution < -0.4 is 5.32 Å². The summed E-state index contributed by atoms with van der Waals surface area (Å²) in [5, 5.41) is 3.36. The Kier molecular flexibility index (Phi) is 9.33. The van der Waals surface area contributed by atoms with Crippen molar-refractivity contribution >= 4 is 39.8 Å². The van der Waals surface area contributed by atoms with Gasteiger partial charge < -0.3 is 10.2 Å². The molecular formula is C17H34IN3O2S. The van der Waals surface area contributed by atoms with Crippen molar-refractivity contribution in [1.82, 2.24) is 10.2 Å². The van der Waals surface area contributed by atoms with Crippen LogP contribution in [0.5, 0.6) is 0 Å². The van der Waals surface area contributed by atoms with E-state index < -0.39 is 9.84 Å². The largest absolute Gasteiger partial charge is 0.356 e. The van der Waals surface area contributed by atoms with Crippen molar-refractivity contribution in [3.8, 4) is 0 Å². The van der Waals surface area contributed by atoms with E-state index in [0.29, 0.717) is 18.4 Å². The third-order valence-corrected chi connectivity index (χ3v) is 6.34.